The van der Waals surface area contributed by atoms with Crippen molar-refractivity contribution in [2.45, 2.75) is 38.3 Å². The fourth-order valence-electron chi connectivity index (χ4n) is 2.00. The summed E-state index contributed by atoms with van der Waals surface area (Å²) in [6, 6.07) is 1.43. The van der Waals surface area contributed by atoms with Crippen molar-refractivity contribution in [3.05, 3.63) is 0 Å². The van der Waals surface area contributed by atoms with E-state index < -0.39 is 0 Å². The van der Waals surface area contributed by atoms with Crippen molar-refractivity contribution in [1.29, 1.82) is 0 Å². The molecule has 0 bridgehead atoms. The first kappa shape index (κ1) is 9.86. The molecule has 3 N–H and O–H groups in total. The van der Waals surface area contributed by atoms with Gasteiger partial charge < -0.3 is 5.73 Å². The quantitative estimate of drug-likeness (QED) is 0.515. The van der Waals surface area contributed by atoms with E-state index in [-0.39, 0.29) is 5.11 Å². The van der Waals surface area contributed by atoms with Crippen LogP contribution in [-0.4, -0.2) is 34.4 Å². The number of rotatable bonds is 2. The van der Waals surface area contributed by atoms with E-state index in [2.05, 4.69) is 22.4 Å². The Morgan fingerprint density at radius 3 is 2.93 bits per heavy atom. The lowest BCUT2D eigenvalue weighted by Gasteiger charge is -2.18. The Balaban J connectivity index is 1.91. The van der Waals surface area contributed by atoms with Crippen molar-refractivity contribution >= 4 is 23.0 Å². The maximum Gasteiger partial charge on any atom is 0.184 e. The monoisotopic (exact) mass is 212 g/mol. The summed E-state index contributed by atoms with van der Waals surface area (Å²) in [5, 5.41) is 4.44. The average molecular weight is 212 g/mol. The highest BCUT2D eigenvalue weighted by Crippen LogP contribution is 2.32. The SMILES string of the molecule is CC1CC(=NNC(N)=S)CN1C1CC1. The molecule has 4 nitrogen and oxygen atoms in total. The smallest absolute Gasteiger partial charge is 0.184 e. The molecule has 5 heteroatoms. The van der Waals surface area contributed by atoms with Crippen LogP contribution in [0.25, 0.3) is 0 Å². The molecule has 1 atom stereocenters. The van der Waals surface area contributed by atoms with E-state index >= 15 is 0 Å². The summed E-state index contributed by atoms with van der Waals surface area (Å²) < 4.78 is 0. The van der Waals surface area contributed by atoms with Crippen molar-refractivity contribution in [3.8, 4) is 0 Å². The largest absolute Gasteiger partial charge is 0.375 e. The second-order valence-electron chi connectivity index (χ2n) is 4.11. The molecule has 0 aromatic heterocycles. The van der Waals surface area contributed by atoms with Gasteiger partial charge in [0, 0.05) is 25.0 Å². The molecule has 0 spiro atoms. The number of hydrogen-bond acceptors (Lipinski definition) is 3. The zero-order valence-electron chi connectivity index (χ0n) is 8.36. The second kappa shape index (κ2) is 3.82. The number of likely N-dealkylation sites (tertiary alicyclic amines) is 1. The van der Waals surface area contributed by atoms with Gasteiger partial charge in [0.05, 0.1) is 5.71 Å². The van der Waals surface area contributed by atoms with E-state index in [1.54, 1.807) is 0 Å². The van der Waals surface area contributed by atoms with Gasteiger partial charge in [-0.1, -0.05) is 0 Å². The topological polar surface area (TPSA) is 53.6 Å². The number of hydrazone groups is 1. The summed E-state index contributed by atoms with van der Waals surface area (Å²) >= 11 is 4.70. The Bertz CT molecular complexity index is 272. The van der Waals surface area contributed by atoms with Crippen molar-refractivity contribution in [1.82, 2.24) is 10.3 Å². The minimum atomic E-state index is 0.245. The maximum atomic E-state index is 5.31. The molecule has 2 rings (SSSR count). The van der Waals surface area contributed by atoms with E-state index in [9.17, 15) is 0 Å². The average Bonchev–Trinajstić information content (AvgIpc) is 2.88. The van der Waals surface area contributed by atoms with Crippen LogP contribution in [0.1, 0.15) is 26.2 Å². The van der Waals surface area contributed by atoms with Crippen LogP contribution in [0.2, 0.25) is 0 Å². The Hall–Kier alpha value is -0.680. The Labute approximate surface area is 89.5 Å². The molecular formula is C9H16N4S. The molecular weight excluding hydrogens is 196 g/mol. The zero-order valence-corrected chi connectivity index (χ0v) is 9.18. The molecule has 1 heterocycles. The molecule has 78 valence electrons. The standard InChI is InChI=1S/C9H16N4S/c1-6-4-7(11-12-9(10)14)5-13(6)8-2-3-8/h6,8H,2-5H2,1H3,(H3,10,12,14). The summed E-state index contributed by atoms with van der Waals surface area (Å²) in [4.78, 5) is 2.51. The van der Waals surface area contributed by atoms with Crippen molar-refractivity contribution in [2.24, 2.45) is 10.8 Å². The highest BCUT2D eigenvalue weighted by molar-refractivity contribution is 7.80. The Kier molecular flexibility index (Phi) is 2.69. The third-order valence-corrected chi connectivity index (χ3v) is 2.89. The highest BCUT2D eigenvalue weighted by atomic mass is 32.1. The van der Waals surface area contributed by atoms with E-state index in [0.29, 0.717) is 6.04 Å². The van der Waals surface area contributed by atoms with Crippen LogP contribution in [0.15, 0.2) is 5.10 Å². The zero-order chi connectivity index (χ0) is 10.1. The molecule has 1 saturated carbocycles. The van der Waals surface area contributed by atoms with E-state index in [1.807, 2.05) is 0 Å². The molecule has 0 amide bonds. The van der Waals surface area contributed by atoms with Crippen molar-refractivity contribution in [2.75, 3.05) is 6.54 Å². The third-order valence-electron chi connectivity index (χ3n) is 2.80. The minimum absolute atomic E-state index is 0.245. The van der Waals surface area contributed by atoms with Gasteiger partial charge in [0.15, 0.2) is 5.11 Å². The summed E-state index contributed by atoms with van der Waals surface area (Å²) in [5.74, 6) is 0. The first-order valence-corrected chi connectivity index (χ1v) is 5.44. The Morgan fingerprint density at radius 2 is 2.36 bits per heavy atom. The van der Waals surface area contributed by atoms with Crippen LogP contribution < -0.4 is 11.2 Å². The van der Waals surface area contributed by atoms with Crippen LogP contribution in [0.4, 0.5) is 0 Å². The molecule has 2 aliphatic rings. The van der Waals surface area contributed by atoms with Gasteiger partial charge >= 0.3 is 0 Å². The summed E-state index contributed by atoms with van der Waals surface area (Å²) in [6.07, 6.45) is 3.73. The van der Waals surface area contributed by atoms with Crippen molar-refractivity contribution in [3.63, 3.8) is 0 Å². The van der Waals surface area contributed by atoms with Gasteiger partial charge in [0.25, 0.3) is 0 Å². The molecule has 0 aromatic rings. The molecule has 1 aliphatic heterocycles. The van der Waals surface area contributed by atoms with Crippen LogP contribution >= 0.6 is 12.2 Å². The Morgan fingerprint density at radius 1 is 1.64 bits per heavy atom. The van der Waals surface area contributed by atoms with E-state index in [1.165, 1.54) is 12.8 Å². The lowest BCUT2D eigenvalue weighted by molar-refractivity contribution is 0.262. The van der Waals surface area contributed by atoms with Crippen LogP contribution in [0.3, 0.4) is 0 Å². The molecule has 1 unspecified atom stereocenters. The fourth-order valence-corrected chi connectivity index (χ4v) is 2.05. The molecule has 1 saturated heterocycles. The van der Waals surface area contributed by atoms with Gasteiger partial charge in [-0.3, -0.25) is 10.3 Å². The van der Waals surface area contributed by atoms with Crippen molar-refractivity contribution < 1.29 is 0 Å². The number of thiocarbonyl (C=S) groups is 1. The lowest BCUT2D eigenvalue weighted by Crippen LogP contribution is -2.30. The molecule has 2 fully saturated rings. The molecule has 14 heavy (non-hydrogen) atoms. The normalized spacial score (nSPS) is 30.9. The molecule has 0 aromatic carbocycles. The molecule has 0 radical (unpaired) electrons. The highest BCUT2D eigenvalue weighted by Gasteiger charge is 2.37. The third kappa shape index (κ3) is 2.22. The fraction of sp³-hybridized carbons (Fsp3) is 0.778. The summed E-state index contributed by atoms with van der Waals surface area (Å²) in [5.41, 5.74) is 9.13. The van der Waals surface area contributed by atoms with Crippen LogP contribution in [-0.2, 0) is 0 Å². The van der Waals surface area contributed by atoms with Crippen LogP contribution in [0, 0.1) is 0 Å². The minimum Gasteiger partial charge on any atom is -0.375 e. The first-order chi connectivity index (χ1) is 6.66. The maximum absolute atomic E-state index is 5.31. The van der Waals surface area contributed by atoms with E-state index in [4.69, 9.17) is 18.0 Å². The first-order valence-electron chi connectivity index (χ1n) is 5.03. The van der Waals surface area contributed by atoms with Gasteiger partial charge in [0.2, 0.25) is 0 Å². The van der Waals surface area contributed by atoms with Crippen LogP contribution in [0.5, 0.6) is 0 Å². The number of nitrogens with zero attached hydrogens (tertiary/aromatic N) is 2. The summed E-state index contributed by atoms with van der Waals surface area (Å²) in [6.45, 7) is 3.23. The van der Waals surface area contributed by atoms with E-state index in [0.717, 1.165) is 24.7 Å². The van der Waals surface area contributed by atoms with Gasteiger partial charge in [0.1, 0.15) is 0 Å². The van der Waals surface area contributed by atoms with Gasteiger partial charge in [-0.15, -0.1) is 0 Å². The van der Waals surface area contributed by atoms with Gasteiger partial charge in [-0.25, -0.2) is 0 Å². The predicted octanol–water partition coefficient (Wildman–Crippen LogP) is 0.432. The lowest BCUT2D eigenvalue weighted by atomic mass is 10.2. The summed E-state index contributed by atoms with van der Waals surface area (Å²) in [7, 11) is 0. The predicted molar refractivity (Wildman–Crippen MR) is 61.2 cm³/mol. The van der Waals surface area contributed by atoms with Gasteiger partial charge in [-0.05, 0) is 32.0 Å². The second-order valence-corrected chi connectivity index (χ2v) is 4.55. The number of nitrogens with one attached hydrogen (secondary N) is 1. The molecule has 1 aliphatic carbocycles. The number of hydrogen-bond donors (Lipinski definition) is 2. The number of nitrogens with two attached hydrogens (primary N) is 1. The van der Waals surface area contributed by atoms with Gasteiger partial charge in [-0.2, -0.15) is 5.10 Å².